The van der Waals surface area contributed by atoms with Crippen molar-refractivity contribution in [3.8, 4) is 22.3 Å². The summed E-state index contributed by atoms with van der Waals surface area (Å²) in [5, 5.41) is 4.58. The molecule has 0 radical (unpaired) electrons. The maximum absolute atomic E-state index is 13.8. The molecule has 1 aliphatic heterocycles. The Balaban J connectivity index is 1.91. The third-order valence-corrected chi connectivity index (χ3v) is 7.15. The predicted octanol–water partition coefficient (Wildman–Crippen LogP) is 7.18. The summed E-state index contributed by atoms with van der Waals surface area (Å²) >= 11 is 0. The molecule has 2 heterocycles. The lowest BCUT2D eigenvalue weighted by Crippen LogP contribution is -2.26. The largest absolute Gasteiger partial charge is 0.333 e. The number of aromatic nitrogens is 2. The van der Waals surface area contributed by atoms with Gasteiger partial charge in [-0.2, -0.15) is 0 Å². The van der Waals surface area contributed by atoms with E-state index < -0.39 is 0 Å². The van der Waals surface area contributed by atoms with Crippen LogP contribution < -0.4 is 5.69 Å². The standard InChI is InChI=1S/C31H22N2O/c1-19-16-17-21-24(18-19)27(20-10-4-3-5-11-20)28-22-12-6-9-15-26(22)33-30(29(21)28)23-13-7-8-14-25(23)32(2)31(33)34/h3-18H,1-2H3. The third-order valence-electron chi connectivity index (χ3n) is 7.15. The first-order chi connectivity index (χ1) is 16.6. The molecule has 0 spiro atoms. The van der Waals surface area contributed by atoms with E-state index in [2.05, 4.69) is 85.8 Å². The van der Waals surface area contributed by atoms with Crippen LogP contribution in [-0.4, -0.2) is 8.97 Å². The van der Waals surface area contributed by atoms with Gasteiger partial charge in [-0.3, -0.25) is 8.97 Å². The van der Waals surface area contributed by atoms with Gasteiger partial charge in [0.05, 0.1) is 16.6 Å². The number of rotatable bonds is 1. The zero-order valence-electron chi connectivity index (χ0n) is 19.0. The van der Waals surface area contributed by atoms with Crippen LogP contribution in [-0.2, 0) is 7.05 Å². The van der Waals surface area contributed by atoms with Gasteiger partial charge in [0.1, 0.15) is 0 Å². The van der Waals surface area contributed by atoms with Gasteiger partial charge in [-0.15, -0.1) is 0 Å². The molecule has 3 nitrogen and oxygen atoms in total. The normalized spacial score (nSPS) is 11.9. The molecule has 34 heavy (non-hydrogen) atoms. The van der Waals surface area contributed by atoms with Crippen LogP contribution in [0.25, 0.3) is 60.3 Å². The summed E-state index contributed by atoms with van der Waals surface area (Å²) in [5.41, 5.74) is 8.81. The van der Waals surface area contributed by atoms with Gasteiger partial charge in [-0.25, -0.2) is 4.79 Å². The fourth-order valence-electron chi connectivity index (χ4n) is 5.68. The maximum Gasteiger partial charge on any atom is 0.333 e. The van der Waals surface area contributed by atoms with Gasteiger partial charge >= 0.3 is 5.69 Å². The molecule has 0 atom stereocenters. The molecule has 0 N–H and O–H groups in total. The van der Waals surface area contributed by atoms with Crippen LogP contribution in [0.5, 0.6) is 0 Å². The molecule has 5 aromatic rings. The summed E-state index contributed by atoms with van der Waals surface area (Å²) in [6.07, 6.45) is 0. The first kappa shape index (κ1) is 19.1. The third kappa shape index (κ3) is 2.39. The average molecular weight is 439 g/mol. The topological polar surface area (TPSA) is 26.4 Å². The molecular formula is C31H22N2O. The highest BCUT2D eigenvalue weighted by Gasteiger charge is 2.27. The van der Waals surface area contributed by atoms with Crippen molar-refractivity contribution >= 4 is 38.1 Å². The van der Waals surface area contributed by atoms with Crippen molar-refractivity contribution in [2.24, 2.45) is 7.05 Å². The fourth-order valence-corrected chi connectivity index (χ4v) is 5.68. The fraction of sp³-hybridized carbons (Fsp3) is 0.0645. The van der Waals surface area contributed by atoms with E-state index in [0.717, 1.165) is 32.9 Å². The van der Waals surface area contributed by atoms with Crippen molar-refractivity contribution in [1.82, 2.24) is 8.97 Å². The van der Waals surface area contributed by atoms with Gasteiger partial charge in [0.25, 0.3) is 0 Å². The summed E-state index contributed by atoms with van der Waals surface area (Å²) < 4.78 is 3.67. The predicted molar refractivity (Wildman–Crippen MR) is 142 cm³/mol. The maximum atomic E-state index is 13.8. The minimum atomic E-state index is -0.0328. The van der Waals surface area contributed by atoms with E-state index in [1.165, 1.54) is 33.0 Å². The SMILES string of the molecule is Cc1ccc2c3c4c5ccccc5n(C)c(=O)n4c4ccccc4c-3c(-c3ccccc3)c2c1. The van der Waals surface area contributed by atoms with Crippen molar-refractivity contribution in [2.75, 3.05) is 0 Å². The molecule has 1 aromatic heterocycles. The minimum Gasteiger partial charge on any atom is -0.296 e. The Morgan fingerprint density at radius 1 is 0.588 bits per heavy atom. The van der Waals surface area contributed by atoms with Crippen LogP contribution in [0, 0.1) is 6.92 Å². The minimum absolute atomic E-state index is 0.0328. The van der Waals surface area contributed by atoms with Gasteiger partial charge in [0, 0.05) is 28.9 Å². The van der Waals surface area contributed by atoms with Crippen LogP contribution in [0.15, 0.2) is 102 Å². The van der Waals surface area contributed by atoms with E-state index >= 15 is 0 Å². The Kier molecular flexibility index (Phi) is 3.83. The number of benzene rings is 4. The van der Waals surface area contributed by atoms with E-state index in [1.54, 1.807) is 4.57 Å². The molecule has 0 bridgehead atoms. The lowest BCUT2D eigenvalue weighted by atomic mass is 9.94. The van der Waals surface area contributed by atoms with E-state index in [0.29, 0.717) is 0 Å². The van der Waals surface area contributed by atoms with Crippen molar-refractivity contribution in [3.63, 3.8) is 0 Å². The van der Waals surface area contributed by atoms with E-state index in [-0.39, 0.29) is 5.69 Å². The summed E-state index contributed by atoms with van der Waals surface area (Å²) in [6.45, 7) is 2.14. The lowest BCUT2D eigenvalue weighted by Gasteiger charge is -2.18. The van der Waals surface area contributed by atoms with Crippen LogP contribution in [0.4, 0.5) is 0 Å². The van der Waals surface area contributed by atoms with Crippen LogP contribution >= 0.6 is 0 Å². The van der Waals surface area contributed by atoms with Gasteiger partial charge in [0.2, 0.25) is 0 Å². The van der Waals surface area contributed by atoms with Crippen LogP contribution in [0.1, 0.15) is 5.56 Å². The second kappa shape index (κ2) is 6.82. The number of hydrogen-bond donors (Lipinski definition) is 0. The average Bonchev–Trinajstić information content (AvgIpc) is 3.21. The molecular weight excluding hydrogens is 416 g/mol. The summed E-state index contributed by atoms with van der Waals surface area (Å²) in [5.74, 6) is 0. The van der Waals surface area contributed by atoms with Crippen molar-refractivity contribution in [2.45, 2.75) is 6.92 Å². The summed E-state index contributed by atoms with van der Waals surface area (Å²) in [4.78, 5) is 13.8. The molecule has 1 aliphatic carbocycles. The molecule has 162 valence electrons. The molecule has 0 saturated carbocycles. The highest BCUT2D eigenvalue weighted by molar-refractivity contribution is 6.27. The molecule has 7 rings (SSSR count). The number of pyridine rings is 1. The summed E-state index contributed by atoms with van der Waals surface area (Å²) in [7, 11) is 1.86. The first-order valence-corrected chi connectivity index (χ1v) is 11.6. The number of para-hydroxylation sites is 2. The highest BCUT2D eigenvalue weighted by atomic mass is 16.1. The zero-order chi connectivity index (χ0) is 23.0. The second-order valence-electron chi connectivity index (χ2n) is 9.10. The highest BCUT2D eigenvalue weighted by Crippen LogP contribution is 2.51. The molecule has 0 saturated heterocycles. The molecule has 4 aromatic carbocycles. The Labute approximate surface area is 196 Å². The van der Waals surface area contributed by atoms with Crippen molar-refractivity contribution < 1.29 is 0 Å². The quantitative estimate of drug-likeness (QED) is 0.249. The van der Waals surface area contributed by atoms with Gasteiger partial charge in [-0.1, -0.05) is 90.5 Å². The zero-order valence-corrected chi connectivity index (χ0v) is 19.0. The number of hydrogen-bond acceptors (Lipinski definition) is 1. The number of nitrogens with zero attached hydrogens (tertiary/aromatic N) is 2. The smallest absolute Gasteiger partial charge is 0.296 e. The van der Waals surface area contributed by atoms with E-state index in [9.17, 15) is 4.79 Å². The first-order valence-electron chi connectivity index (χ1n) is 11.6. The second-order valence-corrected chi connectivity index (χ2v) is 9.10. The van der Waals surface area contributed by atoms with Crippen LogP contribution in [0.3, 0.4) is 0 Å². The van der Waals surface area contributed by atoms with Gasteiger partial charge in [0.15, 0.2) is 0 Å². The molecule has 0 amide bonds. The molecule has 0 fully saturated rings. The Bertz CT molecular complexity index is 1940. The number of aryl methyl sites for hydroxylation is 2. The Morgan fingerprint density at radius 3 is 2.06 bits per heavy atom. The molecule has 3 heteroatoms. The monoisotopic (exact) mass is 438 g/mol. The molecule has 0 unspecified atom stereocenters. The van der Waals surface area contributed by atoms with Gasteiger partial charge < -0.3 is 0 Å². The number of fused-ring (bicyclic) bond motifs is 10. The van der Waals surface area contributed by atoms with Gasteiger partial charge in [-0.05, 0) is 41.0 Å². The van der Waals surface area contributed by atoms with E-state index in [1.807, 2.05) is 29.6 Å². The van der Waals surface area contributed by atoms with Crippen LogP contribution in [0.2, 0.25) is 0 Å². The summed E-state index contributed by atoms with van der Waals surface area (Å²) in [6, 6.07) is 33.8. The lowest BCUT2D eigenvalue weighted by molar-refractivity contribution is 0.836. The Morgan fingerprint density at radius 2 is 1.26 bits per heavy atom. The Hall–Kier alpha value is -4.37. The van der Waals surface area contributed by atoms with E-state index in [4.69, 9.17) is 0 Å². The molecule has 2 aliphatic rings. The van der Waals surface area contributed by atoms with Crippen molar-refractivity contribution in [3.05, 3.63) is 113 Å². The van der Waals surface area contributed by atoms with Crippen molar-refractivity contribution in [1.29, 1.82) is 0 Å².